The van der Waals surface area contributed by atoms with Gasteiger partial charge in [-0.1, -0.05) is 13.8 Å². The second-order valence-electron chi connectivity index (χ2n) is 5.24. The molecule has 18 heavy (non-hydrogen) atoms. The zero-order valence-corrected chi connectivity index (χ0v) is 13.2. The summed E-state index contributed by atoms with van der Waals surface area (Å²) in [5.74, 6) is 2.46. The molecule has 0 amide bonds. The number of nitrogens with zero attached hydrogens (tertiary/aromatic N) is 2. The molecule has 1 saturated heterocycles. The zero-order valence-electron chi connectivity index (χ0n) is 12.4. The van der Waals surface area contributed by atoms with Crippen LogP contribution in [0.15, 0.2) is 0 Å². The number of hydrogen-bond acceptors (Lipinski definition) is 4. The fourth-order valence-electron chi connectivity index (χ4n) is 2.88. The first-order valence-electron chi connectivity index (χ1n) is 7.45. The minimum absolute atomic E-state index is 0.559. The van der Waals surface area contributed by atoms with Crippen molar-refractivity contribution in [2.75, 3.05) is 44.7 Å². The van der Waals surface area contributed by atoms with Crippen molar-refractivity contribution >= 4 is 11.8 Å². The highest BCUT2D eigenvalue weighted by Gasteiger charge is 2.25. The Kier molecular flexibility index (Phi) is 8.31. The van der Waals surface area contributed by atoms with Crippen LogP contribution in [0, 0.1) is 0 Å². The maximum absolute atomic E-state index is 5.93. The van der Waals surface area contributed by atoms with E-state index >= 15 is 0 Å². The lowest BCUT2D eigenvalue weighted by Crippen LogP contribution is -2.45. The van der Waals surface area contributed by atoms with Crippen LogP contribution in [-0.4, -0.2) is 66.6 Å². The molecule has 1 fully saturated rings. The van der Waals surface area contributed by atoms with Crippen LogP contribution in [0.4, 0.5) is 0 Å². The van der Waals surface area contributed by atoms with E-state index in [1.165, 1.54) is 50.4 Å². The van der Waals surface area contributed by atoms with Gasteiger partial charge in [0.1, 0.15) is 0 Å². The molecule has 1 aliphatic rings. The molecule has 0 aromatic carbocycles. The fraction of sp³-hybridized carbons (Fsp3) is 1.00. The number of rotatable bonds is 9. The molecule has 2 unspecified atom stereocenters. The molecule has 2 atom stereocenters. The Morgan fingerprint density at radius 2 is 2.22 bits per heavy atom. The summed E-state index contributed by atoms with van der Waals surface area (Å²) in [5, 5.41) is 0. The van der Waals surface area contributed by atoms with E-state index < -0.39 is 0 Å². The highest BCUT2D eigenvalue weighted by Crippen LogP contribution is 2.18. The molecule has 0 radical (unpaired) electrons. The van der Waals surface area contributed by atoms with Crippen molar-refractivity contribution in [3.63, 3.8) is 0 Å². The normalized spacial score (nSPS) is 22.8. The van der Waals surface area contributed by atoms with Crippen molar-refractivity contribution < 1.29 is 0 Å². The van der Waals surface area contributed by atoms with E-state index in [9.17, 15) is 0 Å². The second-order valence-corrected chi connectivity index (χ2v) is 6.63. The summed E-state index contributed by atoms with van der Waals surface area (Å²) in [5.41, 5.74) is 5.93. The number of hydrogen-bond donors (Lipinski definition) is 1. The van der Waals surface area contributed by atoms with Crippen LogP contribution in [0.25, 0.3) is 0 Å². The lowest BCUT2D eigenvalue weighted by atomic mass is 10.1. The van der Waals surface area contributed by atoms with Crippen molar-refractivity contribution in [3.8, 4) is 0 Å². The van der Waals surface area contributed by atoms with Gasteiger partial charge in [-0.05, 0) is 50.9 Å². The summed E-state index contributed by atoms with van der Waals surface area (Å²) in [6, 6.07) is 1.32. The first-order chi connectivity index (χ1) is 8.72. The minimum atomic E-state index is 0.559. The first-order valence-corrected chi connectivity index (χ1v) is 8.60. The van der Waals surface area contributed by atoms with Gasteiger partial charge < -0.3 is 10.6 Å². The predicted molar refractivity (Wildman–Crippen MR) is 83.4 cm³/mol. The molecule has 4 heteroatoms. The first kappa shape index (κ1) is 16.3. The van der Waals surface area contributed by atoms with Crippen LogP contribution in [0.5, 0.6) is 0 Å². The fourth-order valence-corrected chi connectivity index (χ4v) is 3.61. The topological polar surface area (TPSA) is 32.5 Å². The third kappa shape index (κ3) is 5.08. The molecule has 0 aromatic heterocycles. The predicted octanol–water partition coefficient (Wildman–Crippen LogP) is 1.87. The molecular weight excluding hydrogens is 242 g/mol. The molecule has 108 valence electrons. The van der Waals surface area contributed by atoms with E-state index in [0.717, 1.165) is 12.6 Å². The van der Waals surface area contributed by atoms with E-state index in [0.29, 0.717) is 6.04 Å². The van der Waals surface area contributed by atoms with E-state index in [-0.39, 0.29) is 0 Å². The van der Waals surface area contributed by atoms with Crippen molar-refractivity contribution in [1.29, 1.82) is 0 Å². The highest BCUT2D eigenvalue weighted by molar-refractivity contribution is 7.99. The molecule has 0 aliphatic carbocycles. The third-order valence-corrected chi connectivity index (χ3v) is 5.03. The largest absolute Gasteiger partial charge is 0.329 e. The number of nitrogens with two attached hydrogens (primary N) is 1. The van der Waals surface area contributed by atoms with Gasteiger partial charge in [-0.2, -0.15) is 11.8 Å². The summed E-state index contributed by atoms with van der Waals surface area (Å²) in [7, 11) is 2.25. The molecule has 0 saturated carbocycles. The van der Waals surface area contributed by atoms with Gasteiger partial charge in [0.05, 0.1) is 0 Å². The van der Waals surface area contributed by atoms with Crippen LogP contribution < -0.4 is 5.73 Å². The van der Waals surface area contributed by atoms with Crippen LogP contribution in [0.2, 0.25) is 0 Å². The molecule has 0 spiro atoms. The molecule has 2 N–H and O–H groups in total. The third-order valence-electron chi connectivity index (χ3n) is 4.10. The molecule has 0 bridgehead atoms. The SMILES string of the molecule is CCSCCC(CN)N(C)CC1CCCN1CC. The van der Waals surface area contributed by atoms with E-state index in [1.807, 2.05) is 11.8 Å². The Labute approximate surface area is 117 Å². The quantitative estimate of drug-likeness (QED) is 0.650. The lowest BCUT2D eigenvalue weighted by molar-refractivity contribution is 0.163. The van der Waals surface area contributed by atoms with Crippen molar-refractivity contribution in [1.82, 2.24) is 9.80 Å². The van der Waals surface area contributed by atoms with Gasteiger partial charge in [-0.15, -0.1) is 0 Å². The molecule has 3 nitrogen and oxygen atoms in total. The van der Waals surface area contributed by atoms with Crippen LogP contribution >= 0.6 is 11.8 Å². The molecule has 1 aliphatic heterocycles. The molecule has 0 aromatic rings. The lowest BCUT2D eigenvalue weighted by Gasteiger charge is -2.32. The summed E-state index contributed by atoms with van der Waals surface area (Å²) in [6.07, 6.45) is 3.95. The van der Waals surface area contributed by atoms with Gasteiger partial charge in [0, 0.05) is 25.2 Å². The summed E-state index contributed by atoms with van der Waals surface area (Å²) in [6.45, 7) is 8.96. The monoisotopic (exact) mass is 273 g/mol. The Balaban J connectivity index is 2.33. The van der Waals surface area contributed by atoms with E-state index in [1.54, 1.807) is 0 Å². The summed E-state index contributed by atoms with van der Waals surface area (Å²) >= 11 is 2.02. The van der Waals surface area contributed by atoms with Crippen LogP contribution in [0.1, 0.15) is 33.1 Å². The maximum Gasteiger partial charge on any atom is 0.0223 e. The number of likely N-dealkylation sites (N-methyl/N-ethyl adjacent to an activating group) is 2. The van der Waals surface area contributed by atoms with E-state index in [2.05, 4.69) is 30.7 Å². The Morgan fingerprint density at radius 1 is 1.44 bits per heavy atom. The Bertz CT molecular complexity index is 213. The minimum Gasteiger partial charge on any atom is -0.329 e. The maximum atomic E-state index is 5.93. The van der Waals surface area contributed by atoms with Crippen molar-refractivity contribution in [3.05, 3.63) is 0 Å². The number of likely N-dealkylation sites (tertiary alicyclic amines) is 1. The summed E-state index contributed by atoms with van der Waals surface area (Å²) in [4.78, 5) is 5.11. The van der Waals surface area contributed by atoms with Crippen molar-refractivity contribution in [2.45, 2.75) is 45.2 Å². The van der Waals surface area contributed by atoms with Crippen LogP contribution in [-0.2, 0) is 0 Å². The Morgan fingerprint density at radius 3 is 2.83 bits per heavy atom. The molecule has 1 heterocycles. The van der Waals surface area contributed by atoms with Gasteiger partial charge in [0.25, 0.3) is 0 Å². The number of thioether (sulfide) groups is 1. The smallest absolute Gasteiger partial charge is 0.0223 e. The molecular formula is C14H31N3S. The standard InChI is InChI=1S/C14H31N3S/c1-4-17-9-6-7-14(17)12-16(3)13(11-15)8-10-18-5-2/h13-14H,4-12,15H2,1-3H3. The van der Waals surface area contributed by atoms with Gasteiger partial charge >= 0.3 is 0 Å². The average molecular weight is 273 g/mol. The van der Waals surface area contributed by atoms with Gasteiger partial charge in [0.2, 0.25) is 0 Å². The second kappa shape index (κ2) is 9.18. The zero-order chi connectivity index (χ0) is 13.4. The Hall–Kier alpha value is 0.230. The highest BCUT2D eigenvalue weighted by atomic mass is 32.2. The van der Waals surface area contributed by atoms with Gasteiger partial charge in [-0.3, -0.25) is 4.90 Å². The van der Waals surface area contributed by atoms with Crippen molar-refractivity contribution in [2.24, 2.45) is 5.73 Å². The molecule has 1 rings (SSSR count). The van der Waals surface area contributed by atoms with Gasteiger partial charge in [-0.25, -0.2) is 0 Å². The van der Waals surface area contributed by atoms with Gasteiger partial charge in [0.15, 0.2) is 0 Å². The van der Waals surface area contributed by atoms with E-state index in [4.69, 9.17) is 5.73 Å². The summed E-state index contributed by atoms with van der Waals surface area (Å²) < 4.78 is 0. The average Bonchev–Trinajstić information content (AvgIpc) is 2.81. The van der Waals surface area contributed by atoms with Crippen LogP contribution in [0.3, 0.4) is 0 Å².